The first-order valence-corrected chi connectivity index (χ1v) is 7.66. The third-order valence-corrected chi connectivity index (χ3v) is 3.66. The fourth-order valence-corrected chi connectivity index (χ4v) is 2.19. The van der Waals surface area contributed by atoms with E-state index in [2.05, 4.69) is 12.2 Å². The number of ether oxygens (including phenoxy) is 1. The summed E-state index contributed by atoms with van der Waals surface area (Å²) in [4.78, 5) is 12.0. The molecule has 3 nitrogen and oxygen atoms in total. The molecule has 0 radical (unpaired) electrons. The Kier molecular flexibility index (Phi) is 5.59. The molecule has 22 heavy (non-hydrogen) atoms. The summed E-state index contributed by atoms with van der Waals surface area (Å²) in [5.74, 6) is 0.600. The minimum absolute atomic E-state index is 0.0285. The second kappa shape index (κ2) is 7.64. The standard InChI is InChI=1S/C19H23NO2/c1-4-16-7-11-18(12-8-16)22-13-19(21)20-15(3)17-9-5-14(2)6-10-17/h5-12,15H,4,13H2,1-3H3,(H,20,21). The van der Waals surface area contributed by atoms with Crippen molar-refractivity contribution in [3.8, 4) is 5.75 Å². The van der Waals surface area contributed by atoms with E-state index in [0.29, 0.717) is 0 Å². The lowest BCUT2D eigenvalue weighted by Gasteiger charge is -2.15. The van der Waals surface area contributed by atoms with E-state index in [1.54, 1.807) is 0 Å². The van der Waals surface area contributed by atoms with Gasteiger partial charge in [-0.05, 0) is 43.5 Å². The molecule has 0 aromatic heterocycles. The Bertz CT molecular complexity index is 602. The van der Waals surface area contributed by atoms with Gasteiger partial charge >= 0.3 is 0 Å². The molecule has 0 aliphatic heterocycles. The number of aryl methyl sites for hydroxylation is 2. The van der Waals surface area contributed by atoms with E-state index in [4.69, 9.17) is 4.74 Å². The molecule has 2 rings (SSSR count). The van der Waals surface area contributed by atoms with Crippen LogP contribution in [0.15, 0.2) is 48.5 Å². The van der Waals surface area contributed by atoms with Crippen LogP contribution in [0.5, 0.6) is 5.75 Å². The van der Waals surface area contributed by atoms with Gasteiger partial charge in [-0.1, -0.05) is 48.9 Å². The monoisotopic (exact) mass is 297 g/mol. The lowest BCUT2D eigenvalue weighted by Crippen LogP contribution is -2.31. The highest BCUT2D eigenvalue weighted by atomic mass is 16.5. The Labute approximate surface area is 132 Å². The fraction of sp³-hybridized carbons (Fsp3) is 0.316. The minimum atomic E-state index is -0.118. The van der Waals surface area contributed by atoms with Gasteiger partial charge in [0.1, 0.15) is 5.75 Å². The molecule has 1 atom stereocenters. The molecule has 0 aliphatic carbocycles. The van der Waals surface area contributed by atoms with Gasteiger partial charge < -0.3 is 10.1 Å². The third kappa shape index (κ3) is 4.62. The van der Waals surface area contributed by atoms with Crippen molar-refractivity contribution in [1.29, 1.82) is 0 Å². The molecule has 1 N–H and O–H groups in total. The molecule has 2 aromatic rings. The van der Waals surface area contributed by atoms with Gasteiger partial charge in [-0.2, -0.15) is 0 Å². The Morgan fingerprint density at radius 3 is 2.32 bits per heavy atom. The Hall–Kier alpha value is -2.29. The number of hydrogen-bond donors (Lipinski definition) is 1. The number of rotatable bonds is 6. The predicted octanol–water partition coefficient (Wildman–Crippen LogP) is 3.81. The van der Waals surface area contributed by atoms with Gasteiger partial charge in [-0.15, -0.1) is 0 Å². The van der Waals surface area contributed by atoms with Crippen LogP contribution in [0, 0.1) is 6.92 Å². The molecular formula is C19H23NO2. The van der Waals surface area contributed by atoms with E-state index < -0.39 is 0 Å². The SMILES string of the molecule is CCc1ccc(OCC(=O)NC(C)c2ccc(C)cc2)cc1. The smallest absolute Gasteiger partial charge is 0.258 e. The van der Waals surface area contributed by atoms with Crippen molar-refractivity contribution in [1.82, 2.24) is 5.32 Å². The van der Waals surface area contributed by atoms with Gasteiger partial charge in [0.15, 0.2) is 6.61 Å². The summed E-state index contributed by atoms with van der Waals surface area (Å²) in [6.07, 6.45) is 0.995. The van der Waals surface area contributed by atoms with Gasteiger partial charge in [0.05, 0.1) is 6.04 Å². The van der Waals surface area contributed by atoms with E-state index in [-0.39, 0.29) is 18.6 Å². The van der Waals surface area contributed by atoms with Gasteiger partial charge in [0.25, 0.3) is 5.91 Å². The highest BCUT2D eigenvalue weighted by molar-refractivity contribution is 5.78. The van der Waals surface area contributed by atoms with E-state index in [0.717, 1.165) is 17.7 Å². The molecule has 1 amide bonds. The summed E-state index contributed by atoms with van der Waals surface area (Å²) in [6, 6.07) is 16.0. The molecule has 0 spiro atoms. The van der Waals surface area contributed by atoms with Crippen molar-refractivity contribution in [3.63, 3.8) is 0 Å². The maximum absolute atomic E-state index is 12.0. The first-order chi connectivity index (χ1) is 10.6. The van der Waals surface area contributed by atoms with Crippen LogP contribution >= 0.6 is 0 Å². The maximum Gasteiger partial charge on any atom is 0.258 e. The van der Waals surface area contributed by atoms with Crippen molar-refractivity contribution in [2.75, 3.05) is 6.61 Å². The molecule has 3 heteroatoms. The number of hydrogen-bond acceptors (Lipinski definition) is 2. The lowest BCUT2D eigenvalue weighted by molar-refractivity contribution is -0.123. The van der Waals surface area contributed by atoms with Crippen LogP contribution in [-0.2, 0) is 11.2 Å². The van der Waals surface area contributed by atoms with Crippen LogP contribution in [-0.4, -0.2) is 12.5 Å². The van der Waals surface area contributed by atoms with Crippen LogP contribution in [0.1, 0.15) is 36.6 Å². The average molecular weight is 297 g/mol. The number of amides is 1. The molecule has 0 aliphatic rings. The van der Waals surface area contributed by atoms with Crippen LogP contribution < -0.4 is 10.1 Å². The Balaban J connectivity index is 1.83. The molecule has 0 bridgehead atoms. The summed E-state index contributed by atoms with van der Waals surface area (Å²) in [6.45, 7) is 6.15. The fourth-order valence-electron chi connectivity index (χ4n) is 2.19. The molecule has 116 valence electrons. The Morgan fingerprint density at radius 2 is 1.73 bits per heavy atom. The highest BCUT2D eigenvalue weighted by Gasteiger charge is 2.10. The lowest BCUT2D eigenvalue weighted by atomic mass is 10.1. The molecule has 0 saturated carbocycles. The quantitative estimate of drug-likeness (QED) is 0.880. The van der Waals surface area contributed by atoms with Crippen molar-refractivity contribution in [2.24, 2.45) is 0 Å². The van der Waals surface area contributed by atoms with Gasteiger partial charge in [-0.3, -0.25) is 4.79 Å². The largest absolute Gasteiger partial charge is 0.484 e. The second-order valence-electron chi connectivity index (χ2n) is 5.49. The van der Waals surface area contributed by atoms with Gasteiger partial charge in [0, 0.05) is 0 Å². The second-order valence-corrected chi connectivity index (χ2v) is 5.49. The molecule has 0 fully saturated rings. The topological polar surface area (TPSA) is 38.3 Å². The molecule has 1 unspecified atom stereocenters. The van der Waals surface area contributed by atoms with Crippen LogP contribution in [0.3, 0.4) is 0 Å². The van der Waals surface area contributed by atoms with Crippen molar-refractivity contribution >= 4 is 5.91 Å². The van der Waals surface area contributed by atoms with E-state index in [9.17, 15) is 4.79 Å². The van der Waals surface area contributed by atoms with Crippen molar-refractivity contribution < 1.29 is 9.53 Å². The zero-order valence-electron chi connectivity index (χ0n) is 13.4. The van der Waals surface area contributed by atoms with E-state index >= 15 is 0 Å². The summed E-state index contributed by atoms with van der Waals surface area (Å²) in [5.41, 5.74) is 3.55. The molecular weight excluding hydrogens is 274 g/mol. The zero-order valence-corrected chi connectivity index (χ0v) is 13.4. The molecule has 0 heterocycles. The Morgan fingerprint density at radius 1 is 1.09 bits per heavy atom. The normalized spacial score (nSPS) is 11.8. The summed E-state index contributed by atoms with van der Waals surface area (Å²) in [7, 11) is 0. The number of carbonyl (C=O) groups is 1. The first kappa shape index (κ1) is 16.1. The predicted molar refractivity (Wildman–Crippen MR) is 89.1 cm³/mol. The number of carbonyl (C=O) groups excluding carboxylic acids is 1. The average Bonchev–Trinajstić information content (AvgIpc) is 2.54. The van der Waals surface area contributed by atoms with Crippen LogP contribution in [0.2, 0.25) is 0 Å². The summed E-state index contributed by atoms with van der Waals surface area (Å²) in [5, 5.41) is 2.94. The first-order valence-electron chi connectivity index (χ1n) is 7.66. The number of benzene rings is 2. The minimum Gasteiger partial charge on any atom is -0.484 e. The molecule has 2 aromatic carbocycles. The summed E-state index contributed by atoms with van der Waals surface area (Å²) >= 11 is 0. The number of nitrogens with one attached hydrogen (secondary N) is 1. The third-order valence-electron chi connectivity index (χ3n) is 3.66. The van der Waals surface area contributed by atoms with Gasteiger partial charge in [-0.25, -0.2) is 0 Å². The van der Waals surface area contributed by atoms with E-state index in [1.807, 2.05) is 62.4 Å². The highest BCUT2D eigenvalue weighted by Crippen LogP contribution is 2.14. The van der Waals surface area contributed by atoms with Crippen LogP contribution in [0.4, 0.5) is 0 Å². The van der Waals surface area contributed by atoms with E-state index in [1.165, 1.54) is 11.1 Å². The summed E-state index contributed by atoms with van der Waals surface area (Å²) < 4.78 is 5.51. The molecule has 0 saturated heterocycles. The van der Waals surface area contributed by atoms with Gasteiger partial charge in [0.2, 0.25) is 0 Å². The maximum atomic E-state index is 12.0. The van der Waals surface area contributed by atoms with Crippen molar-refractivity contribution in [3.05, 3.63) is 65.2 Å². The van der Waals surface area contributed by atoms with Crippen molar-refractivity contribution in [2.45, 2.75) is 33.2 Å². The van der Waals surface area contributed by atoms with Crippen LogP contribution in [0.25, 0.3) is 0 Å². The zero-order chi connectivity index (χ0) is 15.9.